The monoisotopic (exact) mass is 459 g/mol. The van der Waals surface area contributed by atoms with Crippen LogP contribution in [0, 0.1) is 5.41 Å². The number of alkyl halides is 5. The van der Waals surface area contributed by atoms with Gasteiger partial charge in [0.05, 0.1) is 5.69 Å². The summed E-state index contributed by atoms with van der Waals surface area (Å²) in [6.45, 7) is 1.41. The Bertz CT molecular complexity index is 1000. The Labute approximate surface area is 180 Å². The molecule has 1 aromatic carbocycles. The molecule has 2 aliphatic carbocycles. The minimum Gasteiger partial charge on any atom is -0.321 e. The summed E-state index contributed by atoms with van der Waals surface area (Å²) in [5.74, 6) is -4.14. The van der Waals surface area contributed by atoms with Gasteiger partial charge in [0.25, 0.3) is 5.91 Å². The van der Waals surface area contributed by atoms with Crippen molar-refractivity contribution in [2.75, 3.05) is 11.6 Å². The zero-order valence-electron chi connectivity index (χ0n) is 17.0. The molecule has 1 heterocycles. The average Bonchev–Trinajstić information content (AvgIpc) is 3.40. The Morgan fingerprint density at radius 3 is 2.52 bits per heavy atom. The molecule has 1 aromatic heterocycles. The van der Waals surface area contributed by atoms with Crippen LogP contribution in [0.1, 0.15) is 60.3 Å². The first kappa shape index (κ1) is 22.1. The van der Waals surface area contributed by atoms with Gasteiger partial charge in [0.15, 0.2) is 0 Å². The van der Waals surface area contributed by atoms with Crippen LogP contribution in [-0.2, 0) is 12.7 Å². The zero-order chi connectivity index (χ0) is 22.6. The van der Waals surface area contributed by atoms with Crippen molar-refractivity contribution in [2.24, 2.45) is 5.41 Å². The lowest BCUT2D eigenvalue weighted by molar-refractivity contribution is -0.160. The van der Waals surface area contributed by atoms with E-state index in [1.165, 1.54) is 11.8 Å². The molecule has 1 amide bonds. The van der Waals surface area contributed by atoms with Crippen LogP contribution in [0.4, 0.5) is 27.6 Å². The highest BCUT2D eigenvalue weighted by atomic mass is 32.2. The van der Waals surface area contributed by atoms with Crippen molar-refractivity contribution >= 4 is 23.4 Å². The van der Waals surface area contributed by atoms with Gasteiger partial charge >= 0.3 is 6.18 Å². The van der Waals surface area contributed by atoms with E-state index in [9.17, 15) is 26.7 Å². The normalized spacial score (nSPS) is 19.7. The van der Waals surface area contributed by atoms with Gasteiger partial charge in [-0.25, -0.2) is 8.78 Å². The number of nitrogens with zero attached hydrogens (tertiary/aromatic N) is 2. The third-order valence-electron chi connectivity index (χ3n) is 5.67. The second kappa shape index (κ2) is 7.50. The molecule has 2 saturated carbocycles. The number of anilines is 1. The molecule has 0 radical (unpaired) electrons. The lowest BCUT2D eigenvalue weighted by atomic mass is 9.67. The molecule has 0 atom stereocenters. The highest BCUT2D eigenvalue weighted by molar-refractivity contribution is 7.98. The second-order valence-electron chi connectivity index (χ2n) is 8.74. The predicted molar refractivity (Wildman–Crippen MR) is 108 cm³/mol. The predicted octanol–water partition coefficient (Wildman–Crippen LogP) is 6.19. The van der Waals surface area contributed by atoms with E-state index in [4.69, 9.17) is 0 Å². The maximum Gasteiger partial charge on any atom is 0.420 e. The van der Waals surface area contributed by atoms with Crippen molar-refractivity contribution in [1.82, 2.24) is 9.78 Å². The maximum atomic E-state index is 14.0. The van der Waals surface area contributed by atoms with Crippen LogP contribution >= 0.6 is 11.8 Å². The van der Waals surface area contributed by atoms with Gasteiger partial charge in [-0.3, -0.25) is 9.48 Å². The van der Waals surface area contributed by atoms with E-state index in [0.29, 0.717) is 18.5 Å². The lowest BCUT2D eigenvalue weighted by Crippen LogP contribution is -2.47. The molecule has 4 nitrogen and oxygen atoms in total. The highest BCUT2D eigenvalue weighted by Crippen LogP contribution is 2.53. The fraction of sp³-hybridized carbons (Fsp3) is 0.524. The van der Waals surface area contributed by atoms with Crippen molar-refractivity contribution in [3.63, 3.8) is 0 Å². The van der Waals surface area contributed by atoms with Gasteiger partial charge in [-0.15, -0.1) is 11.8 Å². The topological polar surface area (TPSA) is 46.9 Å². The lowest BCUT2D eigenvalue weighted by Gasteiger charge is -2.44. The quantitative estimate of drug-likeness (QED) is 0.414. The molecule has 2 aromatic rings. The minimum absolute atomic E-state index is 0.162. The zero-order valence-corrected chi connectivity index (χ0v) is 17.8. The minimum atomic E-state index is -4.78. The number of hydrogen-bond donors (Lipinski definition) is 1. The molecular formula is C21H22F5N3OS. The fourth-order valence-corrected chi connectivity index (χ4v) is 4.77. The number of rotatable bonds is 6. The number of benzene rings is 1. The van der Waals surface area contributed by atoms with E-state index in [2.05, 4.69) is 10.4 Å². The third-order valence-corrected chi connectivity index (χ3v) is 6.40. The molecule has 31 heavy (non-hydrogen) atoms. The average molecular weight is 459 g/mol. The number of carbonyl (C=O) groups excluding carboxylic acids is 1. The van der Waals surface area contributed by atoms with Crippen LogP contribution in [0.3, 0.4) is 0 Å². The second-order valence-corrected chi connectivity index (χ2v) is 9.62. The Balaban J connectivity index is 1.73. The molecule has 0 spiro atoms. The molecule has 0 aliphatic heterocycles. The van der Waals surface area contributed by atoms with Crippen molar-refractivity contribution in [3.8, 4) is 0 Å². The molecule has 168 valence electrons. The van der Waals surface area contributed by atoms with Gasteiger partial charge in [0, 0.05) is 35.9 Å². The van der Waals surface area contributed by atoms with Gasteiger partial charge < -0.3 is 5.32 Å². The molecule has 4 rings (SSSR count). The van der Waals surface area contributed by atoms with Crippen LogP contribution in [0.15, 0.2) is 29.2 Å². The molecule has 0 saturated heterocycles. The number of aromatic nitrogens is 2. The summed E-state index contributed by atoms with van der Waals surface area (Å²) in [6, 6.07) is 6.75. The van der Waals surface area contributed by atoms with Crippen molar-refractivity contribution < 1.29 is 26.7 Å². The van der Waals surface area contributed by atoms with Crippen LogP contribution in [0.25, 0.3) is 0 Å². The summed E-state index contributed by atoms with van der Waals surface area (Å²) < 4.78 is 70.0. The molecular weight excluding hydrogens is 437 g/mol. The Hall–Kier alpha value is -2.10. The van der Waals surface area contributed by atoms with E-state index in [1.54, 1.807) is 25.1 Å². The number of hydrogen-bond acceptors (Lipinski definition) is 3. The molecule has 2 aliphatic rings. The third kappa shape index (κ3) is 4.58. The first-order valence-corrected chi connectivity index (χ1v) is 11.1. The summed E-state index contributed by atoms with van der Waals surface area (Å²) in [6.07, 6.45) is -2.71. The number of thioether (sulfide) groups is 1. The standard InChI is InChI=1S/C21H22F5N3OS/c1-19(9-20(22,23)10-19)11-29-17(15(21(24,25)26)16(28-29)12-6-7-12)18(30)27-13-4-3-5-14(8-13)31-2/h3-5,8,12H,6-7,9-11H2,1-2H3,(H,27,30). The van der Waals surface area contributed by atoms with Crippen molar-refractivity contribution in [2.45, 2.75) is 62.1 Å². The molecule has 1 N–H and O–H groups in total. The Morgan fingerprint density at radius 1 is 1.29 bits per heavy atom. The number of nitrogens with one attached hydrogen (secondary N) is 1. The summed E-state index contributed by atoms with van der Waals surface area (Å²) in [7, 11) is 0. The maximum absolute atomic E-state index is 14.0. The number of carbonyl (C=O) groups is 1. The number of amides is 1. The SMILES string of the molecule is CSc1cccc(NC(=O)c2c(C(F)(F)F)c(C3CC3)nn2CC2(C)CC(F)(F)C2)c1. The van der Waals surface area contributed by atoms with Gasteiger partial charge in [0.2, 0.25) is 5.92 Å². The summed E-state index contributed by atoms with van der Waals surface area (Å²) in [5.41, 5.74) is -2.40. The van der Waals surface area contributed by atoms with E-state index in [0.717, 1.165) is 9.58 Å². The largest absolute Gasteiger partial charge is 0.420 e. The fourth-order valence-electron chi connectivity index (χ4n) is 4.31. The first-order chi connectivity index (χ1) is 14.4. The first-order valence-electron chi connectivity index (χ1n) is 9.92. The van der Waals surface area contributed by atoms with Crippen LogP contribution in [-0.4, -0.2) is 27.9 Å². The van der Waals surface area contributed by atoms with Crippen molar-refractivity contribution in [3.05, 3.63) is 41.2 Å². The van der Waals surface area contributed by atoms with Gasteiger partial charge in [0.1, 0.15) is 11.3 Å². The Morgan fingerprint density at radius 2 is 1.97 bits per heavy atom. The molecule has 10 heteroatoms. The molecule has 2 fully saturated rings. The smallest absolute Gasteiger partial charge is 0.321 e. The summed E-state index contributed by atoms with van der Waals surface area (Å²) in [5, 5.41) is 6.67. The highest BCUT2D eigenvalue weighted by Gasteiger charge is 2.55. The summed E-state index contributed by atoms with van der Waals surface area (Å²) >= 11 is 1.43. The molecule has 0 bridgehead atoms. The van der Waals surface area contributed by atoms with Crippen LogP contribution in [0.5, 0.6) is 0 Å². The molecule has 0 unspecified atom stereocenters. The van der Waals surface area contributed by atoms with E-state index < -0.39 is 47.5 Å². The van der Waals surface area contributed by atoms with E-state index >= 15 is 0 Å². The van der Waals surface area contributed by atoms with Crippen LogP contribution < -0.4 is 5.32 Å². The van der Waals surface area contributed by atoms with Gasteiger partial charge in [-0.1, -0.05) is 13.0 Å². The van der Waals surface area contributed by atoms with E-state index in [-0.39, 0.29) is 18.2 Å². The van der Waals surface area contributed by atoms with Crippen LogP contribution in [0.2, 0.25) is 0 Å². The summed E-state index contributed by atoms with van der Waals surface area (Å²) in [4.78, 5) is 13.9. The number of halogens is 5. The Kier molecular flexibility index (Phi) is 5.34. The van der Waals surface area contributed by atoms with E-state index in [1.807, 2.05) is 12.3 Å². The van der Waals surface area contributed by atoms with Crippen molar-refractivity contribution in [1.29, 1.82) is 0 Å². The van der Waals surface area contributed by atoms with Gasteiger partial charge in [-0.2, -0.15) is 18.3 Å². The van der Waals surface area contributed by atoms with Gasteiger partial charge in [-0.05, 0) is 42.7 Å².